The smallest absolute Gasteiger partial charge is 0.229 e. The number of pyridine rings is 1. The minimum atomic E-state index is -0.123. The number of fused-ring (bicyclic) bond motifs is 1. The Hall–Kier alpha value is -5.26. The molecular formula is C35H35N7O3S. The van der Waals surface area contributed by atoms with Crippen molar-refractivity contribution in [3.05, 3.63) is 101 Å². The van der Waals surface area contributed by atoms with Gasteiger partial charge in [0.1, 0.15) is 23.8 Å². The molecule has 4 heterocycles. The molecule has 0 aliphatic carbocycles. The Morgan fingerprint density at radius 2 is 1.91 bits per heavy atom. The fraction of sp³-hybridized carbons (Fsp3) is 0.200. The Kier molecular flexibility index (Phi) is 9.23. The molecule has 0 aliphatic heterocycles. The molecular weight excluding hydrogens is 598 g/mol. The number of rotatable bonds is 12. The lowest BCUT2D eigenvalue weighted by Gasteiger charge is -2.14. The highest BCUT2D eigenvalue weighted by atomic mass is 32.1. The highest BCUT2D eigenvalue weighted by Crippen LogP contribution is 2.38. The van der Waals surface area contributed by atoms with Gasteiger partial charge in [-0.1, -0.05) is 18.2 Å². The third-order valence-corrected chi connectivity index (χ3v) is 8.25. The minimum Gasteiger partial charge on any atom is -0.495 e. The molecule has 0 saturated heterocycles. The molecule has 1 amide bonds. The molecule has 2 aromatic carbocycles. The molecule has 0 fully saturated rings. The van der Waals surface area contributed by atoms with E-state index >= 15 is 0 Å². The number of methoxy groups -OCH3 is 1. The lowest BCUT2D eigenvalue weighted by molar-refractivity contribution is -0.115. The van der Waals surface area contributed by atoms with Crippen molar-refractivity contribution >= 4 is 40.1 Å². The van der Waals surface area contributed by atoms with Gasteiger partial charge in [-0.25, -0.2) is 14.5 Å². The third kappa shape index (κ3) is 7.01. The van der Waals surface area contributed by atoms with Crippen LogP contribution in [0.1, 0.15) is 10.4 Å². The Balaban J connectivity index is 1.34. The van der Waals surface area contributed by atoms with Crippen molar-refractivity contribution in [1.29, 1.82) is 0 Å². The zero-order chi connectivity index (χ0) is 32.0. The van der Waals surface area contributed by atoms with Gasteiger partial charge >= 0.3 is 0 Å². The van der Waals surface area contributed by atoms with E-state index < -0.39 is 0 Å². The number of likely N-dealkylation sites (N-methyl/N-ethyl adjacent to an activating group) is 1. The summed E-state index contributed by atoms with van der Waals surface area (Å²) in [5.74, 6) is 1.66. The highest BCUT2D eigenvalue weighted by molar-refractivity contribution is 7.10. The van der Waals surface area contributed by atoms with Crippen molar-refractivity contribution in [3.8, 4) is 34.0 Å². The largest absolute Gasteiger partial charge is 0.495 e. The maximum atomic E-state index is 12.9. The highest BCUT2D eigenvalue weighted by Gasteiger charge is 2.20. The van der Waals surface area contributed by atoms with E-state index in [1.807, 2.05) is 110 Å². The SMILES string of the molecule is COc1ccc(-c2nn3ccccc3c2-c2ccnc(Nc3cc(OCCN(C)C)ccc3C)n2)cc1NC(=O)Cc1cccs1. The van der Waals surface area contributed by atoms with Crippen LogP contribution in [-0.4, -0.2) is 64.7 Å². The van der Waals surface area contributed by atoms with Gasteiger partial charge in [0.2, 0.25) is 11.9 Å². The number of carbonyl (C=O) groups is 1. The fourth-order valence-electron chi connectivity index (χ4n) is 5.02. The number of carbonyl (C=O) groups excluding carboxylic acids is 1. The summed E-state index contributed by atoms with van der Waals surface area (Å²) in [5.41, 5.74) is 6.40. The second-order valence-corrected chi connectivity index (χ2v) is 12.0. The predicted octanol–water partition coefficient (Wildman–Crippen LogP) is 6.70. The molecule has 0 aliphatic rings. The number of hydrogen-bond donors (Lipinski definition) is 2. The molecule has 0 atom stereocenters. The summed E-state index contributed by atoms with van der Waals surface area (Å²) in [7, 11) is 5.62. The maximum absolute atomic E-state index is 12.9. The second-order valence-electron chi connectivity index (χ2n) is 11.0. The van der Waals surface area contributed by atoms with Crippen LogP contribution in [0.25, 0.3) is 28.0 Å². The van der Waals surface area contributed by atoms with Gasteiger partial charge in [0.15, 0.2) is 0 Å². The number of hydrogen-bond acceptors (Lipinski definition) is 9. The van der Waals surface area contributed by atoms with Gasteiger partial charge in [0.05, 0.1) is 36.0 Å². The monoisotopic (exact) mass is 633 g/mol. The van der Waals surface area contributed by atoms with Crippen LogP contribution in [-0.2, 0) is 11.2 Å². The summed E-state index contributed by atoms with van der Waals surface area (Å²) in [4.78, 5) is 25.4. The predicted molar refractivity (Wildman–Crippen MR) is 183 cm³/mol. The van der Waals surface area contributed by atoms with Gasteiger partial charge in [-0.05, 0) is 80.5 Å². The van der Waals surface area contributed by atoms with Crippen molar-refractivity contribution < 1.29 is 14.3 Å². The summed E-state index contributed by atoms with van der Waals surface area (Å²) in [6.45, 7) is 3.44. The van der Waals surface area contributed by atoms with Crippen LogP contribution >= 0.6 is 11.3 Å². The Morgan fingerprint density at radius 3 is 2.72 bits per heavy atom. The van der Waals surface area contributed by atoms with E-state index in [9.17, 15) is 4.79 Å². The molecule has 11 heteroatoms. The quantitative estimate of drug-likeness (QED) is 0.153. The summed E-state index contributed by atoms with van der Waals surface area (Å²) in [6, 6.07) is 23.3. The van der Waals surface area contributed by atoms with Crippen molar-refractivity contribution in [2.24, 2.45) is 0 Å². The number of ether oxygens (including phenoxy) is 2. The zero-order valence-electron chi connectivity index (χ0n) is 26.2. The van der Waals surface area contributed by atoms with Crippen molar-refractivity contribution in [1.82, 2.24) is 24.5 Å². The van der Waals surface area contributed by atoms with Crippen LogP contribution in [0.3, 0.4) is 0 Å². The van der Waals surface area contributed by atoms with Crippen molar-refractivity contribution in [2.45, 2.75) is 13.3 Å². The van der Waals surface area contributed by atoms with Crippen LogP contribution in [0.2, 0.25) is 0 Å². The molecule has 0 radical (unpaired) electrons. The number of nitrogens with zero attached hydrogens (tertiary/aromatic N) is 5. The summed E-state index contributed by atoms with van der Waals surface area (Å²) in [6.07, 6.45) is 3.92. The van der Waals surface area contributed by atoms with Gasteiger partial charge in [-0.3, -0.25) is 4.79 Å². The molecule has 0 saturated carbocycles. The number of thiophene rings is 1. The first kappa shape index (κ1) is 30.8. The van der Waals surface area contributed by atoms with E-state index in [2.05, 4.69) is 20.5 Å². The molecule has 0 spiro atoms. The van der Waals surface area contributed by atoms with Gasteiger partial charge < -0.3 is 25.0 Å². The zero-order valence-corrected chi connectivity index (χ0v) is 27.0. The average Bonchev–Trinajstić information content (AvgIpc) is 3.70. The van der Waals surface area contributed by atoms with Crippen LogP contribution in [0.4, 0.5) is 17.3 Å². The van der Waals surface area contributed by atoms with E-state index in [-0.39, 0.29) is 12.3 Å². The second kappa shape index (κ2) is 13.8. The molecule has 6 aromatic rings. The van der Waals surface area contributed by atoms with E-state index in [0.717, 1.165) is 45.1 Å². The van der Waals surface area contributed by atoms with Gasteiger partial charge in [-0.2, -0.15) is 5.10 Å². The number of aromatic nitrogens is 4. The Bertz CT molecular complexity index is 1970. The molecule has 0 bridgehead atoms. The van der Waals surface area contributed by atoms with Crippen LogP contribution in [0.5, 0.6) is 11.5 Å². The van der Waals surface area contributed by atoms with E-state index in [1.165, 1.54) is 0 Å². The van der Waals surface area contributed by atoms with Crippen LogP contribution in [0.15, 0.2) is 90.6 Å². The summed E-state index contributed by atoms with van der Waals surface area (Å²) in [5, 5.41) is 13.3. The molecule has 2 N–H and O–H groups in total. The standard InChI is InChI=1S/C35H35N7O3S/c1-23-10-12-25(45-18-17-41(2)3)21-28(23)39-35-36-15-14-27(38-35)33-30-9-5-6-16-42(30)40-34(33)24-11-13-31(44-4)29(20-24)37-32(43)22-26-8-7-19-46-26/h5-16,19-21H,17-18,22H2,1-4H3,(H,37,43)(H,36,38,39). The van der Waals surface area contributed by atoms with E-state index in [0.29, 0.717) is 35.4 Å². The lowest BCUT2D eigenvalue weighted by Crippen LogP contribution is -2.19. The molecule has 0 unspecified atom stereocenters. The number of benzene rings is 2. The number of nitrogens with one attached hydrogen (secondary N) is 2. The first-order valence-electron chi connectivity index (χ1n) is 14.8. The van der Waals surface area contributed by atoms with E-state index in [1.54, 1.807) is 24.6 Å². The number of anilines is 3. The molecule has 10 nitrogen and oxygen atoms in total. The van der Waals surface area contributed by atoms with E-state index in [4.69, 9.17) is 19.6 Å². The van der Waals surface area contributed by atoms with Crippen LogP contribution in [0, 0.1) is 6.92 Å². The third-order valence-electron chi connectivity index (χ3n) is 7.38. The van der Waals surface area contributed by atoms with Crippen LogP contribution < -0.4 is 20.1 Å². The van der Waals surface area contributed by atoms with Crippen molar-refractivity contribution in [2.75, 3.05) is 45.0 Å². The first-order valence-corrected chi connectivity index (χ1v) is 15.7. The van der Waals surface area contributed by atoms with Crippen molar-refractivity contribution in [3.63, 3.8) is 0 Å². The normalized spacial score (nSPS) is 11.2. The maximum Gasteiger partial charge on any atom is 0.229 e. The lowest BCUT2D eigenvalue weighted by atomic mass is 10.0. The number of aryl methyl sites for hydroxylation is 1. The summed E-state index contributed by atoms with van der Waals surface area (Å²) < 4.78 is 13.4. The fourth-order valence-corrected chi connectivity index (χ4v) is 5.73. The molecule has 46 heavy (non-hydrogen) atoms. The number of amides is 1. The Morgan fingerprint density at radius 1 is 1.02 bits per heavy atom. The topological polar surface area (TPSA) is 106 Å². The first-order chi connectivity index (χ1) is 22.4. The molecule has 4 aromatic heterocycles. The minimum absolute atomic E-state index is 0.123. The van der Waals surface area contributed by atoms with Gasteiger partial charge in [0.25, 0.3) is 0 Å². The molecule has 6 rings (SSSR count). The molecule has 234 valence electrons. The van der Waals surface area contributed by atoms with Gasteiger partial charge in [-0.15, -0.1) is 11.3 Å². The Labute approximate surface area is 271 Å². The summed E-state index contributed by atoms with van der Waals surface area (Å²) >= 11 is 1.55. The average molecular weight is 634 g/mol. The van der Waals surface area contributed by atoms with Gasteiger partial charge in [0, 0.05) is 41.1 Å².